The first-order chi connectivity index (χ1) is 14.5. The van der Waals surface area contributed by atoms with Crippen molar-refractivity contribution in [2.45, 2.75) is 29.7 Å². The van der Waals surface area contributed by atoms with E-state index in [2.05, 4.69) is 35.4 Å². The molecule has 1 aliphatic heterocycles. The number of aromatic nitrogens is 4. The summed E-state index contributed by atoms with van der Waals surface area (Å²) in [7, 11) is -4.80. The Bertz CT molecular complexity index is 1050. The molecule has 0 amide bonds. The summed E-state index contributed by atoms with van der Waals surface area (Å²) in [5.74, 6) is -1.46. The van der Waals surface area contributed by atoms with Crippen LogP contribution < -0.4 is 5.73 Å². The molecule has 0 bridgehead atoms. The number of hydrogen-bond acceptors (Lipinski definition) is 12. The third-order valence-corrected chi connectivity index (χ3v) is 6.06. The summed E-state index contributed by atoms with van der Waals surface area (Å²) >= 11 is 3.81. The molecule has 1 fully saturated rings. The van der Waals surface area contributed by atoms with Crippen LogP contribution in [0.1, 0.15) is 6.23 Å². The Balaban J connectivity index is 1.80. The number of aliphatic hydroxyl groups excluding tert-OH is 2. The first-order valence-corrected chi connectivity index (χ1v) is 12.1. The van der Waals surface area contributed by atoms with Gasteiger partial charge in [0.25, 0.3) is 0 Å². The fourth-order valence-corrected chi connectivity index (χ4v) is 4.15. The first kappa shape index (κ1) is 24.2. The van der Waals surface area contributed by atoms with Gasteiger partial charge in [-0.2, -0.15) is 0 Å². The van der Waals surface area contributed by atoms with Gasteiger partial charge in [-0.1, -0.05) is 27.7 Å². The van der Waals surface area contributed by atoms with Crippen LogP contribution in [-0.4, -0.2) is 87.1 Å². The molecular formula is C14H17BrN5O9PS. The van der Waals surface area contributed by atoms with Crippen LogP contribution in [0.25, 0.3) is 11.2 Å². The molecule has 1 saturated heterocycles. The smallest absolute Gasteiger partial charge is 0.387 e. The lowest BCUT2D eigenvalue weighted by atomic mass is 10.1. The number of hydrogen-bond donors (Lipinski definition) is 5. The molecule has 14 nitrogen and oxygen atoms in total. The maximum Gasteiger partial charge on any atom is 0.469 e. The fourth-order valence-electron chi connectivity index (χ4n) is 2.76. The number of nitrogens with two attached hydrogens (primary N) is 1. The maximum atomic E-state index is 11.7. The second-order valence-corrected chi connectivity index (χ2v) is 9.06. The van der Waals surface area contributed by atoms with Gasteiger partial charge in [-0.05, 0) is 0 Å². The average molecular weight is 542 g/mol. The second kappa shape index (κ2) is 9.56. The van der Waals surface area contributed by atoms with Crippen molar-refractivity contribution in [2.75, 3.05) is 23.4 Å². The molecule has 4 atom stereocenters. The van der Waals surface area contributed by atoms with Crippen LogP contribution >= 0.6 is 35.5 Å². The molecule has 0 aliphatic carbocycles. The minimum Gasteiger partial charge on any atom is -0.387 e. The number of nitrogens with zero attached hydrogens (tertiary/aromatic N) is 4. The van der Waals surface area contributed by atoms with Gasteiger partial charge in [0.15, 0.2) is 22.8 Å². The zero-order valence-corrected chi connectivity index (χ0v) is 18.7. The van der Waals surface area contributed by atoms with Crippen molar-refractivity contribution in [1.29, 1.82) is 0 Å². The number of Topliss-reactive ketones (excluding diaryl/α,β-unsaturated/α-hetero) is 2. The number of aliphatic hydroxyl groups is 2. The van der Waals surface area contributed by atoms with E-state index in [4.69, 9.17) is 20.3 Å². The number of phosphoric acid groups is 1. The van der Waals surface area contributed by atoms with E-state index in [9.17, 15) is 24.4 Å². The SMILES string of the molecule is Nc1nc(SCC(=O)C(=O)CBr)nc2ncn([C@H]3O[C@H](COP(=O)(O)O)[C@@H](O)[C@H]3O)c12. The number of fused-ring (bicyclic) bond motifs is 1. The summed E-state index contributed by atoms with van der Waals surface area (Å²) in [5.41, 5.74) is 6.25. The summed E-state index contributed by atoms with van der Waals surface area (Å²) in [6, 6.07) is 0. The van der Waals surface area contributed by atoms with Crippen molar-refractivity contribution in [3.8, 4) is 0 Å². The molecule has 6 N–H and O–H groups in total. The molecule has 2 aromatic heterocycles. The number of nitrogen functional groups attached to an aromatic ring is 1. The monoisotopic (exact) mass is 541 g/mol. The molecule has 170 valence electrons. The third-order valence-electron chi connectivity index (χ3n) is 4.22. The molecule has 1 aliphatic rings. The molecule has 0 radical (unpaired) electrons. The number of thioether (sulfide) groups is 1. The molecule has 2 aromatic rings. The van der Waals surface area contributed by atoms with Crippen molar-refractivity contribution in [2.24, 2.45) is 0 Å². The van der Waals surface area contributed by atoms with E-state index in [0.29, 0.717) is 0 Å². The molecule has 31 heavy (non-hydrogen) atoms. The van der Waals surface area contributed by atoms with E-state index in [0.717, 1.165) is 11.8 Å². The highest BCUT2D eigenvalue weighted by Crippen LogP contribution is 2.39. The Hall–Kier alpha value is -1.49. The number of alkyl halides is 1. The van der Waals surface area contributed by atoms with Gasteiger partial charge in [-0.25, -0.2) is 19.5 Å². The fraction of sp³-hybridized carbons (Fsp3) is 0.500. The van der Waals surface area contributed by atoms with Gasteiger partial charge in [0.05, 0.1) is 17.7 Å². The standard InChI is InChI=1S/C14H17BrN5O9PS/c15-1-5(21)6(22)3-31-14-18-11(16)8-12(19-14)17-4-20(8)13-10(24)9(23)7(29-13)2-28-30(25,26)27/h4,7,9-10,13,23-24H,1-3H2,(H2,16,18,19)(H2,25,26,27)/t7-,9-,10-,13+/m1/s1. The Morgan fingerprint density at radius 1 is 1.29 bits per heavy atom. The van der Waals surface area contributed by atoms with Crippen LogP contribution in [0, 0.1) is 0 Å². The van der Waals surface area contributed by atoms with Gasteiger partial charge in [0, 0.05) is 0 Å². The van der Waals surface area contributed by atoms with Gasteiger partial charge in [-0.3, -0.25) is 18.7 Å². The van der Waals surface area contributed by atoms with E-state index in [1.807, 2.05) is 0 Å². The van der Waals surface area contributed by atoms with E-state index in [1.165, 1.54) is 10.9 Å². The van der Waals surface area contributed by atoms with E-state index < -0.39 is 50.5 Å². The Morgan fingerprint density at radius 2 is 2.00 bits per heavy atom. The molecule has 0 aromatic carbocycles. The molecule has 0 unspecified atom stereocenters. The maximum absolute atomic E-state index is 11.7. The van der Waals surface area contributed by atoms with Gasteiger partial charge in [0.2, 0.25) is 11.6 Å². The summed E-state index contributed by atoms with van der Waals surface area (Å²) in [4.78, 5) is 52.9. The average Bonchev–Trinajstić information content (AvgIpc) is 3.25. The van der Waals surface area contributed by atoms with E-state index in [-0.39, 0.29) is 33.2 Å². The van der Waals surface area contributed by atoms with Crippen molar-refractivity contribution in [1.82, 2.24) is 19.5 Å². The topological polar surface area (TPSA) is 220 Å². The summed E-state index contributed by atoms with van der Waals surface area (Å²) < 4.78 is 22.0. The zero-order chi connectivity index (χ0) is 22.9. The number of ketones is 2. The summed E-state index contributed by atoms with van der Waals surface area (Å²) in [6.07, 6.45) is -4.22. The predicted octanol–water partition coefficient (Wildman–Crippen LogP) is -1.24. The van der Waals surface area contributed by atoms with Crippen molar-refractivity contribution >= 4 is 64.1 Å². The minimum atomic E-state index is -4.80. The highest BCUT2D eigenvalue weighted by Gasteiger charge is 2.45. The van der Waals surface area contributed by atoms with E-state index in [1.54, 1.807) is 0 Å². The number of imidazole rings is 1. The highest BCUT2D eigenvalue weighted by molar-refractivity contribution is 9.09. The molecule has 3 heterocycles. The van der Waals surface area contributed by atoms with Crippen LogP contribution in [0.15, 0.2) is 11.5 Å². The number of carbonyl (C=O) groups excluding carboxylic acids is 2. The molecular weight excluding hydrogens is 525 g/mol. The minimum absolute atomic E-state index is 0.0653. The predicted molar refractivity (Wildman–Crippen MR) is 108 cm³/mol. The highest BCUT2D eigenvalue weighted by atomic mass is 79.9. The Morgan fingerprint density at radius 3 is 2.65 bits per heavy atom. The van der Waals surface area contributed by atoms with Crippen LogP contribution in [0.4, 0.5) is 5.82 Å². The van der Waals surface area contributed by atoms with Crippen LogP contribution in [0.2, 0.25) is 0 Å². The normalized spacial score (nSPS) is 24.0. The quantitative estimate of drug-likeness (QED) is 0.0823. The second-order valence-electron chi connectivity index (χ2n) is 6.32. The number of rotatable bonds is 9. The molecule has 0 saturated carbocycles. The molecule has 17 heteroatoms. The number of halogens is 1. The van der Waals surface area contributed by atoms with E-state index >= 15 is 0 Å². The van der Waals surface area contributed by atoms with Gasteiger partial charge in [-0.15, -0.1) is 0 Å². The van der Waals surface area contributed by atoms with Crippen LogP contribution in [0.3, 0.4) is 0 Å². The lowest BCUT2D eigenvalue weighted by molar-refractivity contribution is -0.133. The van der Waals surface area contributed by atoms with Crippen LogP contribution in [0.5, 0.6) is 0 Å². The Labute approximate surface area is 186 Å². The third kappa shape index (κ3) is 5.47. The number of carbonyl (C=O) groups is 2. The van der Waals surface area contributed by atoms with Gasteiger partial charge >= 0.3 is 7.82 Å². The summed E-state index contributed by atoms with van der Waals surface area (Å²) in [5, 5.41) is 20.5. The summed E-state index contributed by atoms with van der Waals surface area (Å²) in [6.45, 7) is -0.667. The molecule has 0 spiro atoms. The lowest BCUT2D eigenvalue weighted by Gasteiger charge is -2.17. The van der Waals surface area contributed by atoms with Crippen molar-refractivity contribution in [3.05, 3.63) is 6.33 Å². The zero-order valence-electron chi connectivity index (χ0n) is 15.4. The van der Waals surface area contributed by atoms with Gasteiger partial charge in [0.1, 0.15) is 30.2 Å². The first-order valence-electron chi connectivity index (χ1n) is 8.48. The lowest BCUT2D eigenvalue weighted by Crippen LogP contribution is -2.33. The van der Waals surface area contributed by atoms with Crippen molar-refractivity contribution < 1.29 is 43.4 Å². The van der Waals surface area contributed by atoms with Crippen LogP contribution in [-0.2, 0) is 23.4 Å². The molecule has 3 rings (SSSR count). The number of anilines is 1. The van der Waals surface area contributed by atoms with Gasteiger partial charge < -0.3 is 30.5 Å². The largest absolute Gasteiger partial charge is 0.469 e. The Kier molecular flexibility index (Phi) is 7.45. The number of ether oxygens (including phenoxy) is 1. The number of phosphoric ester groups is 1. The van der Waals surface area contributed by atoms with Crippen molar-refractivity contribution in [3.63, 3.8) is 0 Å².